The highest BCUT2D eigenvalue weighted by Gasteiger charge is 2.17. The fourth-order valence-electron chi connectivity index (χ4n) is 2.11. The number of nitrogens with one attached hydrogen (secondary N) is 3. The van der Waals surface area contributed by atoms with E-state index in [9.17, 15) is 14.4 Å². The lowest BCUT2D eigenvalue weighted by Gasteiger charge is -2.14. The van der Waals surface area contributed by atoms with Gasteiger partial charge in [-0.3, -0.25) is 25.2 Å². The second-order valence-electron chi connectivity index (χ2n) is 5.08. The Balaban J connectivity index is 1.93. The van der Waals surface area contributed by atoms with Crippen LogP contribution in [0.25, 0.3) is 0 Å². The molecular formula is C17H19N3O7. The van der Waals surface area contributed by atoms with E-state index in [2.05, 4.69) is 16.2 Å². The smallest absolute Gasteiger partial charge is 0.287 e. The summed E-state index contributed by atoms with van der Waals surface area (Å²) >= 11 is 0. The van der Waals surface area contributed by atoms with Crippen molar-refractivity contribution in [3.63, 3.8) is 0 Å². The molecule has 144 valence electrons. The normalized spacial score (nSPS) is 9.89. The Morgan fingerprint density at radius 3 is 2.15 bits per heavy atom. The van der Waals surface area contributed by atoms with E-state index >= 15 is 0 Å². The van der Waals surface area contributed by atoms with Gasteiger partial charge in [0.1, 0.15) is 0 Å². The molecule has 1 aromatic carbocycles. The molecule has 0 atom stereocenters. The zero-order valence-electron chi connectivity index (χ0n) is 15.0. The van der Waals surface area contributed by atoms with Gasteiger partial charge in [0.25, 0.3) is 17.7 Å². The number of methoxy groups -OCH3 is 3. The fraction of sp³-hybridized carbons (Fsp3) is 0.235. The third-order valence-electron chi connectivity index (χ3n) is 3.40. The maximum absolute atomic E-state index is 12.2. The second kappa shape index (κ2) is 9.13. The SMILES string of the molecule is COc1cc(C(=O)NNC(=O)CNC(=O)c2ccco2)cc(OC)c1OC. The van der Waals surface area contributed by atoms with Crippen LogP contribution in [-0.4, -0.2) is 45.6 Å². The van der Waals surface area contributed by atoms with Crippen LogP contribution in [0, 0.1) is 0 Å². The van der Waals surface area contributed by atoms with Gasteiger partial charge >= 0.3 is 0 Å². The molecule has 0 aliphatic carbocycles. The van der Waals surface area contributed by atoms with Gasteiger partial charge in [-0.1, -0.05) is 0 Å². The van der Waals surface area contributed by atoms with Gasteiger partial charge in [0.05, 0.1) is 34.1 Å². The number of benzene rings is 1. The average Bonchev–Trinajstić information content (AvgIpc) is 3.23. The molecule has 3 amide bonds. The molecule has 10 heteroatoms. The van der Waals surface area contributed by atoms with Gasteiger partial charge < -0.3 is 23.9 Å². The van der Waals surface area contributed by atoms with Gasteiger partial charge in [-0.05, 0) is 24.3 Å². The molecule has 0 fully saturated rings. The number of hydrogen-bond donors (Lipinski definition) is 3. The van der Waals surface area contributed by atoms with E-state index in [1.165, 1.54) is 45.8 Å². The predicted octanol–water partition coefficient (Wildman–Crippen LogP) is 0.496. The Morgan fingerprint density at radius 1 is 0.963 bits per heavy atom. The Kier molecular flexibility index (Phi) is 6.64. The first-order valence-corrected chi connectivity index (χ1v) is 7.71. The Hall–Kier alpha value is -3.69. The zero-order valence-corrected chi connectivity index (χ0v) is 15.0. The van der Waals surface area contributed by atoms with Crippen molar-refractivity contribution in [2.24, 2.45) is 0 Å². The van der Waals surface area contributed by atoms with Crippen molar-refractivity contribution in [1.82, 2.24) is 16.2 Å². The van der Waals surface area contributed by atoms with Crippen LogP contribution in [0.4, 0.5) is 0 Å². The van der Waals surface area contributed by atoms with Crippen LogP contribution in [0.3, 0.4) is 0 Å². The summed E-state index contributed by atoms with van der Waals surface area (Å²) in [7, 11) is 4.28. The molecule has 0 bridgehead atoms. The molecule has 3 N–H and O–H groups in total. The number of hydrogen-bond acceptors (Lipinski definition) is 7. The van der Waals surface area contributed by atoms with Crippen molar-refractivity contribution in [2.75, 3.05) is 27.9 Å². The van der Waals surface area contributed by atoms with Crippen molar-refractivity contribution < 1.29 is 33.0 Å². The standard InChI is InChI=1S/C17H19N3O7/c1-24-12-7-10(8-13(25-2)15(12)26-3)16(22)20-19-14(21)9-18-17(23)11-5-4-6-27-11/h4-8H,9H2,1-3H3,(H,18,23)(H,19,21)(H,20,22). The first-order valence-electron chi connectivity index (χ1n) is 7.71. The van der Waals surface area contributed by atoms with E-state index in [0.717, 1.165) is 0 Å². The molecule has 10 nitrogen and oxygen atoms in total. The molecular weight excluding hydrogens is 358 g/mol. The lowest BCUT2D eigenvalue weighted by Crippen LogP contribution is -2.46. The van der Waals surface area contributed by atoms with Gasteiger partial charge in [-0.25, -0.2) is 0 Å². The van der Waals surface area contributed by atoms with Gasteiger partial charge in [-0.15, -0.1) is 0 Å². The fourth-order valence-corrected chi connectivity index (χ4v) is 2.11. The summed E-state index contributed by atoms with van der Waals surface area (Å²) in [5.74, 6) is -0.801. The first-order chi connectivity index (χ1) is 13.0. The van der Waals surface area contributed by atoms with E-state index in [-0.39, 0.29) is 17.9 Å². The Morgan fingerprint density at radius 2 is 1.63 bits per heavy atom. The Bertz CT molecular complexity index is 793. The minimum Gasteiger partial charge on any atom is -0.493 e. The highest BCUT2D eigenvalue weighted by molar-refractivity contribution is 5.97. The number of amides is 3. The number of furan rings is 1. The van der Waals surface area contributed by atoms with Gasteiger partial charge in [0.15, 0.2) is 17.3 Å². The molecule has 0 saturated heterocycles. The van der Waals surface area contributed by atoms with Crippen LogP contribution in [-0.2, 0) is 4.79 Å². The average molecular weight is 377 g/mol. The summed E-state index contributed by atoms with van der Waals surface area (Å²) < 4.78 is 20.4. The summed E-state index contributed by atoms with van der Waals surface area (Å²) in [5, 5.41) is 2.35. The first kappa shape index (κ1) is 19.6. The maximum atomic E-state index is 12.2. The minimum absolute atomic E-state index is 0.0734. The summed E-state index contributed by atoms with van der Waals surface area (Å²) in [6, 6.07) is 5.87. The molecule has 0 unspecified atom stereocenters. The predicted molar refractivity (Wildman–Crippen MR) is 92.7 cm³/mol. The summed E-state index contributed by atoms with van der Waals surface area (Å²) in [6.45, 7) is -0.352. The van der Waals surface area contributed by atoms with E-state index < -0.39 is 17.7 Å². The third kappa shape index (κ3) is 4.91. The molecule has 27 heavy (non-hydrogen) atoms. The molecule has 0 spiro atoms. The molecule has 1 heterocycles. The number of hydrazine groups is 1. The molecule has 0 radical (unpaired) electrons. The second-order valence-corrected chi connectivity index (χ2v) is 5.08. The van der Waals surface area contributed by atoms with Crippen LogP contribution in [0.5, 0.6) is 17.2 Å². The monoisotopic (exact) mass is 377 g/mol. The lowest BCUT2D eigenvalue weighted by atomic mass is 10.1. The summed E-state index contributed by atoms with van der Waals surface area (Å²) in [5.41, 5.74) is 4.59. The lowest BCUT2D eigenvalue weighted by molar-refractivity contribution is -0.120. The van der Waals surface area contributed by atoms with Crippen molar-refractivity contribution in [3.05, 3.63) is 41.9 Å². The quantitative estimate of drug-likeness (QED) is 0.599. The van der Waals surface area contributed by atoms with Crippen molar-refractivity contribution >= 4 is 17.7 Å². The van der Waals surface area contributed by atoms with E-state index in [4.69, 9.17) is 18.6 Å². The van der Waals surface area contributed by atoms with Crippen LogP contribution < -0.4 is 30.4 Å². The summed E-state index contributed by atoms with van der Waals surface area (Å²) in [4.78, 5) is 35.6. The van der Waals surface area contributed by atoms with Crippen molar-refractivity contribution in [1.29, 1.82) is 0 Å². The molecule has 0 aliphatic heterocycles. The van der Waals surface area contributed by atoms with Crippen LogP contribution >= 0.6 is 0 Å². The molecule has 0 saturated carbocycles. The number of ether oxygens (including phenoxy) is 3. The third-order valence-corrected chi connectivity index (χ3v) is 3.40. The number of carbonyl (C=O) groups excluding carboxylic acids is 3. The maximum Gasteiger partial charge on any atom is 0.287 e. The van der Waals surface area contributed by atoms with E-state index in [1.807, 2.05) is 0 Å². The van der Waals surface area contributed by atoms with Crippen molar-refractivity contribution in [2.45, 2.75) is 0 Å². The molecule has 2 rings (SSSR count). The topological polar surface area (TPSA) is 128 Å². The van der Waals surface area contributed by atoms with Crippen LogP contribution in [0.2, 0.25) is 0 Å². The van der Waals surface area contributed by atoms with Gasteiger partial charge in [-0.2, -0.15) is 0 Å². The van der Waals surface area contributed by atoms with Crippen molar-refractivity contribution in [3.8, 4) is 17.2 Å². The minimum atomic E-state index is -0.629. The van der Waals surface area contributed by atoms with Gasteiger partial charge in [0.2, 0.25) is 5.75 Å². The van der Waals surface area contributed by atoms with Gasteiger partial charge in [0, 0.05) is 5.56 Å². The van der Waals surface area contributed by atoms with E-state index in [1.54, 1.807) is 6.07 Å². The molecule has 2 aromatic rings. The largest absolute Gasteiger partial charge is 0.493 e. The number of rotatable bonds is 7. The molecule has 1 aromatic heterocycles. The highest BCUT2D eigenvalue weighted by atomic mass is 16.5. The number of carbonyl (C=O) groups is 3. The van der Waals surface area contributed by atoms with Crippen LogP contribution in [0.1, 0.15) is 20.9 Å². The summed E-state index contributed by atoms with van der Waals surface area (Å²) in [6.07, 6.45) is 1.34. The zero-order chi connectivity index (χ0) is 19.8. The van der Waals surface area contributed by atoms with E-state index in [0.29, 0.717) is 17.2 Å². The van der Waals surface area contributed by atoms with Crippen LogP contribution in [0.15, 0.2) is 34.9 Å². The molecule has 0 aliphatic rings. The Labute approximate surface area is 154 Å². The highest BCUT2D eigenvalue weighted by Crippen LogP contribution is 2.38.